The van der Waals surface area contributed by atoms with Crippen LogP contribution >= 0.6 is 0 Å². The van der Waals surface area contributed by atoms with Crippen molar-refractivity contribution in [2.45, 2.75) is 33.6 Å². The average Bonchev–Trinajstić information content (AvgIpc) is 2.90. The highest BCUT2D eigenvalue weighted by Crippen LogP contribution is 2.63. The molecule has 5 rings (SSSR count). The number of nitrogens with one attached hydrogen (secondary N) is 2. The van der Waals surface area contributed by atoms with Crippen LogP contribution in [0.4, 0.5) is 10.5 Å². The SMILES string of the molecule is CC(C)[C@]12C=C[C@](C)(CC1)[C@H]1C(=O)N(NC(=O)Nc3ccccc3)C(=O)[C@H]12. The first-order valence-corrected chi connectivity index (χ1v) is 9.49. The van der Waals surface area contributed by atoms with Crippen molar-refractivity contribution in [1.82, 2.24) is 10.4 Å². The Morgan fingerprint density at radius 2 is 1.74 bits per heavy atom. The summed E-state index contributed by atoms with van der Waals surface area (Å²) in [6, 6.07) is 8.33. The van der Waals surface area contributed by atoms with Gasteiger partial charge in [0.1, 0.15) is 0 Å². The van der Waals surface area contributed by atoms with Crippen molar-refractivity contribution < 1.29 is 14.4 Å². The summed E-state index contributed by atoms with van der Waals surface area (Å²) in [6.45, 7) is 6.25. The van der Waals surface area contributed by atoms with Gasteiger partial charge in [0.2, 0.25) is 0 Å². The van der Waals surface area contributed by atoms with Gasteiger partial charge in [-0.25, -0.2) is 10.2 Å². The Morgan fingerprint density at radius 1 is 1.07 bits per heavy atom. The van der Waals surface area contributed by atoms with Gasteiger partial charge in [0, 0.05) is 11.1 Å². The highest BCUT2D eigenvalue weighted by atomic mass is 16.2. The van der Waals surface area contributed by atoms with Gasteiger partial charge in [-0.05, 0) is 36.3 Å². The molecule has 1 heterocycles. The molecule has 6 nitrogen and oxygen atoms in total. The molecular formula is C21H25N3O3. The lowest BCUT2D eigenvalue weighted by molar-refractivity contribution is -0.143. The van der Waals surface area contributed by atoms with Crippen molar-refractivity contribution >= 4 is 23.5 Å². The van der Waals surface area contributed by atoms with Gasteiger partial charge in [0.15, 0.2) is 0 Å². The van der Waals surface area contributed by atoms with Crippen molar-refractivity contribution in [2.24, 2.45) is 28.6 Å². The maximum Gasteiger partial charge on any atom is 0.338 e. The van der Waals surface area contributed by atoms with Gasteiger partial charge in [0.05, 0.1) is 11.8 Å². The van der Waals surface area contributed by atoms with E-state index in [2.05, 4.69) is 36.7 Å². The monoisotopic (exact) mass is 367 g/mol. The van der Waals surface area contributed by atoms with Crippen LogP contribution in [0.15, 0.2) is 42.5 Å². The van der Waals surface area contributed by atoms with E-state index in [-0.39, 0.29) is 28.6 Å². The number of hydrazine groups is 1. The summed E-state index contributed by atoms with van der Waals surface area (Å²) in [7, 11) is 0. The van der Waals surface area contributed by atoms with Crippen LogP contribution in [0.3, 0.4) is 0 Å². The third-order valence-electron chi connectivity index (χ3n) is 6.79. The fourth-order valence-corrected chi connectivity index (χ4v) is 5.12. The van der Waals surface area contributed by atoms with Crippen LogP contribution in [0.25, 0.3) is 0 Å². The molecule has 0 aromatic heterocycles. The number of amides is 4. The molecule has 4 atom stereocenters. The van der Waals surface area contributed by atoms with E-state index in [0.717, 1.165) is 17.9 Å². The van der Waals surface area contributed by atoms with Crippen LogP contribution < -0.4 is 10.7 Å². The first-order chi connectivity index (χ1) is 12.8. The Morgan fingerprint density at radius 3 is 2.33 bits per heavy atom. The van der Waals surface area contributed by atoms with Crippen LogP contribution in [0.2, 0.25) is 0 Å². The molecule has 0 unspecified atom stereocenters. The molecule has 27 heavy (non-hydrogen) atoms. The van der Waals surface area contributed by atoms with Crippen LogP contribution in [0.5, 0.6) is 0 Å². The number of fused-ring (bicyclic) bond motifs is 1. The fourth-order valence-electron chi connectivity index (χ4n) is 5.12. The number of rotatable bonds is 3. The van der Waals surface area contributed by atoms with Crippen molar-refractivity contribution in [3.05, 3.63) is 42.5 Å². The number of urea groups is 1. The number of carbonyl (C=O) groups is 3. The molecule has 1 saturated heterocycles. The first kappa shape index (κ1) is 17.8. The summed E-state index contributed by atoms with van der Waals surface area (Å²) < 4.78 is 0. The molecule has 0 spiro atoms. The highest BCUT2D eigenvalue weighted by Gasteiger charge is 2.67. The predicted octanol–water partition coefficient (Wildman–Crippen LogP) is 3.34. The Hall–Kier alpha value is -2.63. The van der Waals surface area contributed by atoms with Gasteiger partial charge in [-0.3, -0.25) is 9.59 Å². The highest BCUT2D eigenvalue weighted by molar-refractivity contribution is 6.08. The van der Waals surface area contributed by atoms with Crippen LogP contribution in [-0.2, 0) is 9.59 Å². The van der Waals surface area contributed by atoms with E-state index in [1.807, 2.05) is 13.0 Å². The fraction of sp³-hybridized carbons (Fsp3) is 0.476. The molecule has 2 fully saturated rings. The van der Waals surface area contributed by atoms with Crippen LogP contribution in [-0.4, -0.2) is 22.9 Å². The minimum Gasteiger partial charge on any atom is -0.307 e. The van der Waals surface area contributed by atoms with Crippen LogP contribution in [0, 0.1) is 28.6 Å². The number of allylic oxidation sites excluding steroid dienone is 2. The zero-order valence-corrected chi connectivity index (χ0v) is 15.9. The largest absolute Gasteiger partial charge is 0.338 e. The number of benzene rings is 1. The van der Waals surface area contributed by atoms with Gasteiger partial charge >= 0.3 is 6.03 Å². The molecule has 1 aromatic rings. The molecule has 6 heteroatoms. The molecule has 142 valence electrons. The summed E-state index contributed by atoms with van der Waals surface area (Å²) in [5.41, 5.74) is 2.43. The number of nitrogens with zero attached hydrogens (tertiary/aromatic N) is 1. The van der Waals surface area contributed by atoms with E-state index in [1.54, 1.807) is 24.3 Å². The Balaban J connectivity index is 1.60. The second-order valence-corrected chi connectivity index (χ2v) is 8.51. The lowest BCUT2D eigenvalue weighted by Crippen LogP contribution is -2.53. The normalized spacial score (nSPS) is 34.1. The summed E-state index contributed by atoms with van der Waals surface area (Å²) in [5, 5.41) is 3.61. The van der Waals surface area contributed by atoms with E-state index >= 15 is 0 Å². The molecule has 1 aromatic carbocycles. The summed E-state index contributed by atoms with van der Waals surface area (Å²) in [4.78, 5) is 38.7. The standard InChI is InChI=1S/C21H25N3O3/c1-13(2)21-11-9-20(3,10-12-21)15-16(21)18(26)24(17(15)25)23-19(27)22-14-7-5-4-6-8-14/h4-9,11,13,15-16H,10,12H2,1-3H3,(H2,22,23,27)/t15-,16+,20-,21+/m1/s1. The minimum atomic E-state index is -0.592. The van der Waals surface area contributed by atoms with Crippen molar-refractivity contribution in [3.8, 4) is 0 Å². The maximum atomic E-state index is 13.2. The summed E-state index contributed by atoms with van der Waals surface area (Å²) >= 11 is 0. The Kier molecular flexibility index (Phi) is 3.91. The topological polar surface area (TPSA) is 78.5 Å². The molecule has 0 radical (unpaired) electrons. The number of para-hydroxylation sites is 1. The van der Waals surface area contributed by atoms with E-state index < -0.39 is 17.9 Å². The quantitative estimate of drug-likeness (QED) is 0.635. The molecule has 1 saturated carbocycles. The summed E-state index contributed by atoms with van der Waals surface area (Å²) in [5.74, 6) is -1.18. The number of carbonyl (C=O) groups excluding carboxylic acids is 3. The second-order valence-electron chi connectivity index (χ2n) is 8.51. The third-order valence-corrected chi connectivity index (χ3v) is 6.79. The molecule has 4 aliphatic rings. The predicted molar refractivity (Wildman–Crippen MR) is 101 cm³/mol. The van der Waals surface area contributed by atoms with Gasteiger partial charge in [-0.2, -0.15) is 5.01 Å². The zero-order chi connectivity index (χ0) is 19.4. The maximum absolute atomic E-state index is 13.2. The molecule has 4 amide bonds. The van der Waals surface area contributed by atoms with E-state index in [9.17, 15) is 14.4 Å². The number of anilines is 1. The van der Waals surface area contributed by atoms with E-state index in [1.165, 1.54) is 0 Å². The molecule has 3 aliphatic carbocycles. The van der Waals surface area contributed by atoms with Gasteiger partial charge in [-0.1, -0.05) is 51.1 Å². The number of imide groups is 1. The molecule has 2 bridgehead atoms. The number of hydrogen-bond acceptors (Lipinski definition) is 3. The first-order valence-electron chi connectivity index (χ1n) is 9.49. The van der Waals surface area contributed by atoms with E-state index in [0.29, 0.717) is 5.69 Å². The smallest absolute Gasteiger partial charge is 0.307 e. The van der Waals surface area contributed by atoms with Gasteiger partial charge < -0.3 is 5.32 Å². The minimum absolute atomic E-state index is 0.237. The van der Waals surface area contributed by atoms with Crippen molar-refractivity contribution in [3.63, 3.8) is 0 Å². The third kappa shape index (κ3) is 2.50. The second kappa shape index (κ2) is 5.94. The zero-order valence-electron chi connectivity index (χ0n) is 15.9. The summed E-state index contributed by atoms with van der Waals surface area (Å²) in [6.07, 6.45) is 6.05. The van der Waals surface area contributed by atoms with Crippen molar-refractivity contribution in [2.75, 3.05) is 5.32 Å². The molecule has 1 aliphatic heterocycles. The number of hydrogen-bond donors (Lipinski definition) is 2. The van der Waals surface area contributed by atoms with Gasteiger partial charge in [0.25, 0.3) is 11.8 Å². The average molecular weight is 367 g/mol. The lowest BCUT2D eigenvalue weighted by atomic mass is 9.46. The Bertz CT molecular complexity index is 834. The molecular weight excluding hydrogens is 342 g/mol. The van der Waals surface area contributed by atoms with Gasteiger partial charge in [-0.15, -0.1) is 0 Å². The Labute approximate surface area is 159 Å². The van der Waals surface area contributed by atoms with E-state index in [4.69, 9.17) is 0 Å². The lowest BCUT2D eigenvalue weighted by Gasteiger charge is -2.55. The molecule has 2 N–H and O–H groups in total. The van der Waals surface area contributed by atoms with Crippen molar-refractivity contribution in [1.29, 1.82) is 0 Å². The van der Waals surface area contributed by atoms with Crippen LogP contribution in [0.1, 0.15) is 33.6 Å².